The van der Waals surface area contributed by atoms with Crippen molar-refractivity contribution < 1.29 is 23.4 Å². The Bertz CT molecular complexity index is 936. The van der Waals surface area contributed by atoms with Crippen LogP contribution in [-0.2, 0) is 0 Å². The van der Waals surface area contributed by atoms with Gasteiger partial charge in [0.15, 0.2) is 17.1 Å². The molecule has 5 heteroatoms. The van der Waals surface area contributed by atoms with Gasteiger partial charge in [-0.3, -0.25) is 4.79 Å². The van der Waals surface area contributed by atoms with Gasteiger partial charge in [-0.1, -0.05) is 12.1 Å². The molecule has 1 heterocycles. The number of ketones is 1. The number of rotatable bonds is 6. The van der Waals surface area contributed by atoms with E-state index in [-0.39, 0.29) is 5.78 Å². The summed E-state index contributed by atoms with van der Waals surface area (Å²) in [6.45, 7) is 0. The lowest BCUT2D eigenvalue weighted by atomic mass is 10.1. The van der Waals surface area contributed by atoms with E-state index < -0.39 is 0 Å². The zero-order valence-corrected chi connectivity index (χ0v) is 14.2. The molecule has 0 N–H and O–H groups in total. The highest BCUT2D eigenvalue weighted by atomic mass is 16.5. The highest BCUT2D eigenvalue weighted by Gasteiger charge is 2.12. The van der Waals surface area contributed by atoms with Gasteiger partial charge in [-0.15, -0.1) is 0 Å². The normalized spacial score (nSPS) is 11.0. The molecular weight excluding hydrogens is 320 g/mol. The molecule has 0 spiro atoms. The number of carbonyl (C=O) groups excluding carboxylic acids is 1. The molecule has 0 aliphatic carbocycles. The number of carbonyl (C=O) groups is 1. The highest BCUT2D eigenvalue weighted by molar-refractivity contribution is 6.08. The van der Waals surface area contributed by atoms with Crippen LogP contribution in [0.4, 0.5) is 0 Å². The average molecular weight is 338 g/mol. The number of furan rings is 1. The fraction of sp³-hybridized carbons (Fsp3) is 0.150. The van der Waals surface area contributed by atoms with E-state index in [0.29, 0.717) is 34.2 Å². The van der Waals surface area contributed by atoms with Gasteiger partial charge in [-0.2, -0.15) is 0 Å². The van der Waals surface area contributed by atoms with Crippen molar-refractivity contribution in [1.82, 2.24) is 0 Å². The molecule has 1 aromatic heterocycles. The van der Waals surface area contributed by atoms with Crippen molar-refractivity contribution in [2.75, 3.05) is 21.3 Å². The van der Waals surface area contributed by atoms with Gasteiger partial charge in [0.2, 0.25) is 0 Å². The summed E-state index contributed by atoms with van der Waals surface area (Å²) in [7, 11) is 4.67. The average Bonchev–Trinajstić information content (AvgIpc) is 3.08. The number of hydrogen-bond donors (Lipinski definition) is 0. The Morgan fingerprint density at radius 1 is 0.960 bits per heavy atom. The molecule has 128 valence electrons. The lowest BCUT2D eigenvalue weighted by Crippen LogP contribution is -1.99. The molecule has 0 aliphatic heterocycles. The van der Waals surface area contributed by atoms with Gasteiger partial charge in [-0.25, -0.2) is 0 Å². The predicted molar refractivity (Wildman–Crippen MR) is 95.7 cm³/mol. The molecule has 0 radical (unpaired) electrons. The maximum atomic E-state index is 12.5. The molecule has 0 saturated carbocycles. The second-order valence-corrected chi connectivity index (χ2v) is 5.29. The van der Waals surface area contributed by atoms with Crippen molar-refractivity contribution >= 4 is 22.8 Å². The Morgan fingerprint density at radius 2 is 1.76 bits per heavy atom. The van der Waals surface area contributed by atoms with Crippen molar-refractivity contribution in [3.8, 4) is 17.2 Å². The fourth-order valence-electron chi connectivity index (χ4n) is 2.55. The second kappa shape index (κ2) is 7.13. The van der Waals surface area contributed by atoms with Crippen molar-refractivity contribution in [2.24, 2.45) is 0 Å². The van der Waals surface area contributed by atoms with E-state index in [1.54, 1.807) is 38.5 Å². The second-order valence-electron chi connectivity index (χ2n) is 5.29. The van der Waals surface area contributed by atoms with Crippen LogP contribution in [0.1, 0.15) is 16.1 Å². The van der Waals surface area contributed by atoms with Crippen LogP contribution in [0.15, 0.2) is 53.0 Å². The third-order valence-corrected chi connectivity index (χ3v) is 3.82. The monoisotopic (exact) mass is 338 g/mol. The quantitative estimate of drug-likeness (QED) is 0.494. The first-order valence-corrected chi connectivity index (χ1v) is 7.67. The van der Waals surface area contributed by atoms with Gasteiger partial charge < -0.3 is 18.6 Å². The molecule has 0 fully saturated rings. The summed E-state index contributed by atoms with van der Waals surface area (Å²) in [6.07, 6.45) is 3.08. The third kappa shape index (κ3) is 3.35. The summed E-state index contributed by atoms with van der Waals surface area (Å²) in [4.78, 5) is 12.5. The fourth-order valence-corrected chi connectivity index (χ4v) is 2.55. The van der Waals surface area contributed by atoms with Gasteiger partial charge in [0.25, 0.3) is 0 Å². The molecule has 0 atom stereocenters. The van der Waals surface area contributed by atoms with Gasteiger partial charge in [0.05, 0.1) is 26.9 Å². The van der Waals surface area contributed by atoms with Crippen molar-refractivity contribution in [1.29, 1.82) is 0 Å². The number of para-hydroxylation sites is 1. The van der Waals surface area contributed by atoms with Gasteiger partial charge in [-0.05, 0) is 36.4 Å². The van der Waals surface area contributed by atoms with Crippen LogP contribution in [0.5, 0.6) is 17.2 Å². The molecule has 25 heavy (non-hydrogen) atoms. The summed E-state index contributed by atoms with van der Waals surface area (Å²) in [6, 6.07) is 12.6. The number of benzene rings is 2. The lowest BCUT2D eigenvalue weighted by Gasteiger charge is -2.07. The van der Waals surface area contributed by atoms with E-state index in [1.165, 1.54) is 13.2 Å². The summed E-state index contributed by atoms with van der Waals surface area (Å²) in [5.41, 5.74) is 1.10. The van der Waals surface area contributed by atoms with Crippen LogP contribution in [0, 0.1) is 0 Å². The van der Waals surface area contributed by atoms with Crippen LogP contribution in [-0.4, -0.2) is 27.1 Å². The number of ether oxygens (including phenoxy) is 3. The van der Waals surface area contributed by atoms with E-state index >= 15 is 0 Å². The van der Waals surface area contributed by atoms with E-state index in [1.807, 2.05) is 24.3 Å². The summed E-state index contributed by atoms with van der Waals surface area (Å²) in [5.74, 6) is 2.12. The maximum Gasteiger partial charge on any atom is 0.189 e. The van der Waals surface area contributed by atoms with Crippen LogP contribution >= 0.6 is 0 Å². The number of allylic oxidation sites excluding steroid dienone is 1. The molecule has 3 rings (SSSR count). The molecule has 0 saturated heterocycles. The Balaban J connectivity index is 1.88. The summed E-state index contributed by atoms with van der Waals surface area (Å²) in [5, 5.41) is 0.911. The standard InChI is InChI=1S/C20H18O5/c1-22-14-7-9-16(19(12-14)24-3)17(21)10-8-15-11-13-5-4-6-18(23-2)20(13)25-15/h4-12H,1-3H3/b10-8+. The Hall–Kier alpha value is -3.21. The van der Waals surface area contributed by atoms with Gasteiger partial charge in [0.1, 0.15) is 17.3 Å². The van der Waals surface area contributed by atoms with Gasteiger partial charge in [0, 0.05) is 11.5 Å². The van der Waals surface area contributed by atoms with Crippen LogP contribution in [0.25, 0.3) is 17.0 Å². The molecule has 0 aliphatic rings. The smallest absolute Gasteiger partial charge is 0.189 e. The number of hydrogen-bond acceptors (Lipinski definition) is 5. The minimum absolute atomic E-state index is 0.188. The Kier molecular flexibility index (Phi) is 4.75. The molecule has 0 unspecified atom stereocenters. The first-order valence-electron chi connectivity index (χ1n) is 7.67. The molecular formula is C20H18O5. The van der Waals surface area contributed by atoms with E-state index in [4.69, 9.17) is 18.6 Å². The molecule has 0 bridgehead atoms. The minimum atomic E-state index is -0.188. The summed E-state index contributed by atoms with van der Waals surface area (Å²) >= 11 is 0. The molecule has 0 amide bonds. The lowest BCUT2D eigenvalue weighted by molar-refractivity contribution is 0.104. The van der Waals surface area contributed by atoms with E-state index in [9.17, 15) is 4.79 Å². The SMILES string of the molecule is COc1ccc(C(=O)/C=C/c2cc3cccc(OC)c3o2)c(OC)c1. The minimum Gasteiger partial charge on any atom is -0.497 e. The van der Waals surface area contributed by atoms with Crippen molar-refractivity contribution in [3.63, 3.8) is 0 Å². The summed E-state index contributed by atoms with van der Waals surface area (Å²) < 4.78 is 21.4. The zero-order valence-electron chi connectivity index (χ0n) is 14.2. The maximum absolute atomic E-state index is 12.5. The zero-order chi connectivity index (χ0) is 17.8. The molecule has 2 aromatic carbocycles. The Morgan fingerprint density at radius 3 is 2.48 bits per heavy atom. The van der Waals surface area contributed by atoms with Crippen LogP contribution in [0.2, 0.25) is 0 Å². The van der Waals surface area contributed by atoms with Crippen molar-refractivity contribution in [3.05, 3.63) is 59.9 Å². The molecule has 5 nitrogen and oxygen atoms in total. The topological polar surface area (TPSA) is 57.9 Å². The largest absolute Gasteiger partial charge is 0.497 e. The van der Waals surface area contributed by atoms with E-state index in [0.717, 1.165) is 5.39 Å². The first-order chi connectivity index (χ1) is 12.2. The van der Waals surface area contributed by atoms with Crippen LogP contribution in [0.3, 0.4) is 0 Å². The first kappa shape index (κ1) is 16.6. The highest BCUT2D eigenvalue weighted by Crippen LogP contribution is 2.29. The van der Waals surface area contributed by atoms with Crippen LogP contribution < -0.4 is 14.2 Å². The molecule has 3 aromatic rings. The predicted octanol–water partition coefficient (Wildman–Crippen LogP) is 4.35. The number of methoxy groups -OCH3 is 3. The number of fused-ring (bicyclic) bond motifs is 1. The van der Waals surface area contributed by atoms with E-state index in [2.05, 4.69) is 0 Å². The Labute approximate surface area is 145 Å². The van der Waals surface area contributed by atoms with Gasteiger partial charge >= 0.3 is 0 Å². The van der Waals surface area contributed by atoms with Crippen molar-refractivity contribution in [2.45, 2.75) is 0 Å². The third-order valence-electron chi connectivity index (χ3n) is 3.82.